The summed E-state index contributed by atoms with van der Waals surface area (Å²) >= 11 is 0. The molecular weight excluding hydrogens is 203 g/mol. The van der Waals surface area contributed by atoms with Gasteiger partial charge >= 0.3 is 29.6 Å². The fourth-order valence-corrected chi connectivity index (χ4v) is 1.76. The number of nitrogens with zero attached hydrogens (tertiary/aromatic N) is 1. The topological polar surface area (TPSA) is 72.5 Å². The van der Waals surface area contributed by atoms with E-state index in [2.05, 4.69) is 6.92 Å². The van der Waals surface area contributed by atoms with Crippen LogP contribution in [-0.4, -0.2) is 31.1 Å². The average molecular weight is 216 g/mol. The Morgan fingerprint density at radius 3 is 2.23 bits per heavy atom. The van der Waals surface area contributed by atoms with Gasteiger partial charge in [0.15, 0.2) is 10.3 Å². The molecule has 0 amide bonds. The molecule has 0 bridgehead atoms. The largest absolute Gasteiger partial charge is 1.00 e. The minimum Gasteiger partial charge on any atom is -0.734 e. The summed E-state index contributed by atoms with van der Waals surface area (Å²) < 4.78 is 30.8. The van der Waals surface area contributed by atoms with E-state index in [4.69, 9.17) is 0 Å². The van der Waals surface area contributed by atoms with Gasteiger partial charge in [-0.05, 0) is 18.8 Å². The van der Waals surface area contributed by atoms with Gasteiger partial charge in [-0.2, -0.15) is 4.83 Å². The summed E-state index contributed by atoms with van der Waals surface area (Å²) in [6, 6.07) is 0. The molecule has 1 rings (SSSR count). The molecule has 0 aromatic rings. The molecule has 0 spiro atoms. The van der Waals surface area contributed by atoms with Gasteiger partial charge in [-0.15, -0.1) is 0 Å². The molecule has 1 aliphatic rings. The van der Waals surface area contributed by atoms with Crippen LogP contribution in [0.5, 0.6) is 0 Å². The quantitative estimate of drug-likeness (QED) is 0.387. The van der Waals surface area contributed by atoms with Crippen molar-refractivity contribution in [1.82, 2.24) is 9.84 Å². The molecule has 0 unspecified atom stereocenters. The van der Waals surface area contributed by atoms with Crippen LogP contribution in [0, 0.1) is 5.92 Å². The van der Waals surface area contributed by atoms with E-state index in [0.717, 1.165) is 12.8 Å². The van der Waals surface area contributed by atoms with Gasteiger partial charge in [0.25, 0.3) is 0 Å². The fraction of sp³-hybridized carbons (Fsp3) is 1.00. The van der Waals surface area contributed by atoms with E-state index in [-0.39, 0.29) is 29.6 Å². The predicted molar refractivity (Wildman–Crippen MR) is 42.8 cm³/mol. The van der Waals surface area contributed by atoms with Gasteiger partial charge in [0, 0.05) is 13.1 Å². The van der Waals surface area contributed by atoms with Crippen molar-refractivity contribution < 1.29 is 42.5 Å². The molecule has 1 N–H and O–H groups in total. The van der Waals surface area contributed by atoms with Crippen LogP contribution in [-0.2, 0) is 10.3 Å². The summed E-state index contributed by atoms with van der Waals surface area (Å²) in [6.45, 7) is 3.37. The third-order valence-electron chi connectivity index (χ3n) is 2.02. The molecular formula is C6H13N2NaO3S. The van der Waals surface area contributed by atoms with Crippen molar-refractivity contribution in [2.45, 2.75) is 19.8 Å². The minimum atomic E-state index is -4.32. The van der Waals surface area contributed by atoms with Crippen LogP contribution in [0.3, 0.4) is 0 Å². The van der Waals surface area contributed by atoms with E-state index in [9.17, 15) is 13.0 Å². The Kier molecular flexibility index (Phi) is 6.01. The van der Waals surface area contributed by atoms with Crippen molar-refractivity contribution in [3.8, 4) is 0 Å². The Balaban J connectivity index is 0.00000144. The molecule has 5 nitrogen and oxygen atoms in total. The SMILES string of the molecule is CC1CCN(NS(=O)(=O)[O-])CC1.[Na+]. The first-order valence-corrected chi connectivity index (χ1v) is 5.36. The zero-order valence-electron chi connectivity index (χ0n) is 7.99. The zero-order valence-corrected chi connectivity index (χ0v) is 10.8. The standard InChI is InChI=1S/C6H14N2O3S.Na/c1-6-2-4-8(5-3-6)7-12(9,10)11;/h6-7H,2-5H2,1H3,(H,9,10,11);/q;+1/p-1. The molecule has 7 heteroatoms. The summed E-state index contributed by atoms with van der Waals surface area (Å²) in [4.78, 5) is 1.93. The first-order valence-electron chi connectivity index (χ1n) is 3.95. The third-order valence-corrected chi connectivity index (χ3v) is 2.51. The monoisotopic (exact) mass is 216 g/mol. The Bertz CT molecular complexity index is 236. The first-order chi connectivity index (χ1) is 5.47. The molecule has 1 fully saturated rings. The molecule has 72 valence electrons. The van der Waals surface area contributed by atoms with Gasteiger partial charge in [-0.1, -0.05) is 6.92 Å². The van der Waals surface area contributed by atoms with Crippen LogP contribution >= 0.6 is 0 Å². The van der Waals surface area contributed by atoms with Crippen LogP contribution in [0.15, 0.2) is 0 Å². The van der Waals surface area contributed by atoms with E-state index in [0.29, 0.717) is 19.0 Å². The first kappa shape index (κ1) is 13.8. The minimum absolute atomic E-state index is 0. The Hall–Kier alpha value is 0.830. The maximum Gasteiger partial charge on any atom is 1.00 e. The van der Waals surface area contributed by atoms with E-state index in [1.807, 2.05) is 4.83 Å². The molecule has 0 saturated carbocycles. The van der Waals surface area contributed by atoms with E-state index >= 15 is 0 Å². The summed E-state index contributed by atoms with van der Waals surface area (Å²) in [5, 5.41) is 1.46. The average Bonchev–Trinajstić information content (AvgIpc) is 1.91. The molecule has 1 saturated heterocycles. The second-order valence-electron chi connectivity index (χ2n) is 3.21. The van der Waals surface area contributed by atoms with Crippen molar-refractivity contribution in [3.63, 3.8) is 0 Å². The van der Waals surface area contributed by atoms with E-state index in [1.165, 1.54) is 5.01 Å². The number of rotatable bonds is 2. The van der Waals surface area contributed by atoms with Crippen molar-refractivity contribution in [3.05, 3.63) is 0 Å². The Labute approximate surface area is 101 Å². The van der Waals surface area contributed by atoms with Crippen LogP contribution in [0.1, 0.15) is 19.8 Å². The second-order valence-corrected chi connectivity index (χ2v) is 4.31. The second kappa shape index (κ2) is 5.65. The summed E-state index contributed by atoms with van der Waals surface area (Å²) in [7, 11) is -4.32. The summed E-state index contributed by atoms with van der Waals surface area (Å²) in [6.07, 6.45) is 1.87. The van der Waals surface area contributed by atoms with Gasteiger partial charge in [0.1, 0.15) is 0 Å². The van der Waals surface area contributed by atoms with E-state index < -0.39 is 10.3 Å². The maximum atomic E-state index is 10.3. The Morgan fingerprint density at radius 1 is 1.38 bits per heavy atom. The molecule has 1 heterocycles. The third kappa shape index (κ3) is 6.01. The smallest absolute Gasteiger partial charge is 0.734 e. The fourth-order valence-electron chi connectivity index (χ4n) is 1.26. The summed E-state index contributed by atoms with van der Waals surface area (Å²) in [5.74, 6) is 0.623. The van der Waals surface area contributed by atoms with Crippen molar-refractivity contribution >= 4 is 10.3 Å². The van der Waals surface area contributed by atoms with Crippen LogP contribution in [0.2, 0.25) is 0 Å². The number of nitrogens with one attached hydrogen (secondary N) is 1. The Morgan fingerprint density at radius 2 is 1.85 bits per heavy atom. The summed E-state index contributed by atoms with van der Waals surface area (Å²) in [5.41, 5.74) is 0. The molecule has 0 radical (unpaired) electrons. The number of hydrogen-bond acceptors (Lipinski definition) is 4. The van der Waals surface area contributed by atoms with Crippen LogP contribution in [0.4, 0.5) is 0 Å². The van der Waals surface area contributed by atoms with Crippen LogP contribution < -0.4 is 34.4 Å². The van der Waals surface area contributed by atoms with Crippen molar-refractivity contribution in [2.75, 3.05) is 13.1 Å². The van der Waals surface area contributed by atoms with Gasteiger partial charge in [0.2, 0.25) is 0 Å². The van der Waals surface area contributed by atoms with Gasteiger partial charge in [-0.3, -0.25) is 0 Å². The van der Waals surface area contributed by atoms with Gasteiger partial charge < -0.3 is 4.55 Å². The van der Waals surface area contributed by atoms with Gasteiger partial charge in [0.05, 0.1) is 0 Å². The number of hydrogen-bond donors (Lipinski definition) is 1. The number of hydrazine groups is 1. The molecule has 13 heavy (non-hydrogen) atoms. The molecule has 0 aromatic carbocycles. The molecule has 0 aliphatic carbocycles. The molecule has 0 aromatic heterocycles. The van der Waals surface area contributed by atoms with Crippen LogP contribution in [0.25, 0.3) is 0 Å². The number of piperidine rings is 1. The zero-order chi connectivity index (χ0) is 9.19. The normalized spacial score (nSPS) is 21.1. The van der Waals surface area contributed by atoms with Crippen molar-refractivity contribution in [2.24, 2.45) is 5.92 Å². The predicted octanol–water partition coefficient (Wildman–Crippen LogP) is -3.31. The molecule has 0 atom stereocenters. The van der Waals surface area contributed by atoms with E-state index in [1.54, 1.807) is 0 Å². The molecule has 1 aliphatic heterocycles. The maximum absolute atomic E-state index is 10.3. The van der Waals surface area contributed by atoms with Crippen molar-refractivity contribution in [1.29, 1.82) is 0 Å². The van der Waals surface area contributed by atoms with Gasteiger partial charge in [-0.25, -0.2) is 13.4 Å².